The van der Waals surface area contributed by atoms with Gasteiger partial charge in [0.1, 0.15) is 18.3 Å². The van der Waals surface area contributed by atoms with E-state index in [4.69, 9.17) is 4.74 Å². The number of nitrogens with zero attached hydrogens (tertiary/aromatic N) is 3. The van der Waals surface area contributed by atoms with Crippen LogP contribution in [0.15, 0.2) is 67.0 Å². The van der Waals surface area contributed by atoms with Gasteiger partial charge in [-0.3, -0.25) is 0 Å². The second-order valence-corrected chi connectivity index (χ2v) is 6.62. The molecule has 0 radical (unpaired) electrons. The van der Waals surface area contributed by atoms with Crippen LogP contribution in [0.25, 0.3) is 0 Å². The molecule has 0 amide bonds. The minimum Gasteiger partial charge on any atom is -0.367 e. The Kier molecular flexibility index (Phi) is 5.38. The summed E-state index contributed by atoms with van der Waals surface area (Å²) in [7, 11) is 0. The number of aromatic nitrogens is 3. The van der Waals surface area contributed by atoms with Crippen molar-refractivity contribution in [1.82, 2.24) is 20.1 Å². The molecule has 134 valence electrons. The Morgan fingerprint density at radius 2 is 1.73 bits per heavy atom. The van der Waals surface area contributed by atoms with Gasteiger partial charge in [0.05, 0.1) is 13.2 Å². The molecule has 0 spiro atoms. The predicted molar refractivity (Wildman–Crippen MR) is 101 cm³/mol. The van der Waals surface area contributed by atoms with Gasteiger partial charge in [-0.1, -0.05) is 60.7 Å². The first-order chi connectivity index (χ1) is 12.9. The molecule has 2 aromatic carbocycles. The van der Waals surface area contributed by atoms with Gasteiger partial charge < -0.3 is 10.1 Å². The zero-order chi connectivity index (χ0) is 17.6. The van der Waals surface area contributed by atoms with E-state index in [9.17, 15) is 0 Å². The van der Waals surface area contributed by atoms with Crippen LogP contribution in [0.2, 0.25) is 0 Å². The summed E-state index contributed by atoms with van der Waals surface area (Å²) in [5.74, 6) is 1.09. The van der Waals surface area contributed by atoms with Gasteiger partial charge in [0.2, 0.25) is 0 Å². The third-order valence-electron chi connectivity index (χ3n) is 4.83. The summed E-state index contributed by atoms with van der Waals surface area (Å²) in [6.45, 7) is 2.37. The van der Waals surface area contributed by atoms with Crippen molar-refractivity contribution in [3.8, 4) is 0 Å². The highest BCUT2D eigenvalue weighted by Gasteiger charge is 2.19. The van der Waals surface area contributed by atoms with E-state index in [-0.39, 0.29) is 6.10 Å². The van der Waals surface area contributed by atoms with Crippen LogP contribution in [0.5, 0.6) is 0 Å². The van der Waals surface area contributed by atoms with E-state index < -0.39 is 0 Å². The molecule has 2 heterocycles. The summed E-state index contributed by atoms with van der Waals surface area (Å²) < 4.78 is 8.26. The van der Waals surface area contributed by atoms with Crippen molar-refractivity contribution >= 4 is 0 Å². The Morgan fingerprint density at radius 1 is 1.04 bits per heavy atom. The topological polar surface area (TPSA) is 52.0 Å². The molecule has 1 unspecified atom stereocenters. The van der Waals surface area contributed by atoms with E-state index in [1.54, 1.807) is 6.33 Å². The van der Waals surface area contributed by atoms with Crippen LogP contribution in [-0.4, -0.2) is 34.0 Å². The van der Waals surface area contributed by atoms with E-state index in [0.29, 0.717) is 12.6 Å². The van der Waals surface area contributed by atoms with Crippen LogP contribution in [0.3, 0.4) is 0 Å². The number of rotatable bonds is 7. The lowest BCUT2D eigenvalue weighted by atomic mass is 10.0. The molecular formula is C21H24N4O. The Labute approximate surface area is 154 Å². The molecule has 0 bridgehead atoms. The first-order valence-corrected chi connectivity index (χ1v) is 9.22. The fraction of sp³-hybridized carbons (Fsp3) is 0.333. The summed E-state index contributed by atoms with van der Waals surface area (Å²) in [6.07, 6.45) is 3.69. The van der Waals surface area contributed by atoms with Crippen molar-refractivity contribution in [1.29, 1.82) is 0 Å². The van der Waals surface area contributed by atoms with Gasteiger partial charge in [-0.05, 0) is 17.5 Å². The first kappa shape index (κ1) is 16.9. The van der Waals surface area contributed by atoms with Gasteiger partial charge in [0.25, 0.3) is 0 Å². The number of fused-ring (bicyclic) bond motifs is 1. The number of aryl methyl sites for hydroxylation is 1. The highest BCUT2D eigenvalue weighted by molar-refractivity contribution is 5.29. The maximum atomic E-state index is 6.26. The number of hydrogen-bond acceptors (Lipinski definition) is 4. The molecule has 3 aromatic rings. The van der Waals surface area contributed by atoms with Crippen molar-refractivity contribution in [3.05, 3.63) is 83.9 Å². The Balaban J connectivity index is 1.33. The zero-order valence-electron chi connectivity index (χ0n) is 14.8. The standard InChI is InChI=1S/C21H24N4O/c1-3-7-17(8-4-1)21(18-9-5-2-6-10-18)26-14-13-22-19-11-12-20-23-16-24-25(20)15-19/h1-10,16,19,21-22H,11-15H2. The van der Waals surface area contributed by atoms with Crippen molar-refractivity contribution in [2.75, 3.05) is 13.2 Å². The molecule has 0 aliphatic carbocycles. The lowest BCUT2D eigenvalue weighted by Gasteiger charge is -2.24. The second kappa shape index (κ2) is 8.25. The van der Waals surface area contributed by atoms with Crippen LogP contribution in [-0.2, 0) is 17.7 Å². The molecule has 26 heavy (non-hydrogen) atoms. The average Bonchev–Trinajstić information content (AvgIpc) is 3.17. The highest BCUT2D eigenvalue weighted by Crippen LogP contribution is 2.25. The van der Waals surface area contributed by atoms with Crippen molar-refractivity contribution in [2.45, 2.75) is 31.5 Å². The third kappa shape index (κ3) is 4.00. The maximum Gasteiger partial charge on any atom is 0.138 e. The van der Waals surface area contributed by atoms with Crippen molar-refractivity contribution < 1.29 is 4.74 Å². The summed E-state index contributed by atoms with van der Waals surface area (Å²) in [6, 6.07) is 21.2. The summed E-state index contributed by atoms with van der Waals surface area (Å²) in [5.41, 5.74) is 2.37. The lowest BCUT2D eigenvalue weighted by Crippen LogP contribution is -2.39. The van der Waals surface area contributed by atoms with Crippen LogP contribution < -0.4 is 5.32 Å². The molecule has 1 aliphatic heterocycles. The summed E-state index contributed by atoms with van der Waals surface area (Å²) >= 11 is 0. The van der Waals surface area contributed by atoms with E-state index in [2.05, 4.69) is 63.9 Å². The van der Waals surface area contributed by atoms with Crippen LogP contribution >= 0.6 is 0 Å². The van der Waals surface area contributed by atoms with Gasteiger partial charge in [0.15, 0.2) is 0 Å². The second-order valence-electron chi connectivity index (χ2n) is 6.62. The quantitative estimate of drug-likeness (QED) is 0.667. The van der Waals surface area contributed by atoms with Crippen LogP contribution in [0, 0.1) is 0 Å². The molecule has 1 N–H and O–H groups in total. The van der Waals surface area contributed by atoms with Gasteiger partial charge in [-0.2, -0.15) is 5.10 Å². The zero-order valence-corrected chi connectivity index (χ0v) is 14.8. The molecule has 0 fully saturated rings. The minimum absolute atomic E-state index is 0.0347. The fourth-order valence-corrected chi connectivity index (χ4v) is 3.48. The smallest absolute Gasteiger partial charge is 0.138 e. The molecule has 5 nitrogen and oxygen atoms in total. The first-order valence-electron chi connectivity index (χ1n) is 9.22. The lowest BCUT2D eigenvalue weighted by molar-refractivity contribution is 0.0795. The molecule has 5 heteroatoms. The number of ether oxygens (including phenoxy) is 1. The number of nitrogens with one attached hydrogen (secondary N) is 1. The normalized spacial score (nSPS) is 16.6. The Hall–Kier alpha value is -2.50. The average molecular weight is 348 g/mol. The summed E-state index contributed by atoms with van der Waals surface area (Å²) in [5, 5.41) is 7.87. The monoisotopic (exact) mass is 348 g/mol. The largest absolute Gasteiger partial charge is 0.367 e. The Bertz CT molecular complexity index is 764. The van der Waals surface area contributed by atoms with Gasteiger partial charge >= 0.3 is 0 Å². The highest BCUT2D eigenvalue weighted by atomic mass is 16.5. The van der Waals surface area contributed by atoms with E-state index in [1.807, 2.05) is 16.8 Å². The van der Waals surface area contributed by atoms with Crippen molar-refractivity contribution in [3.63, 3.8) is 0 Å². The molecule has 1 atom stereocenters. The molecule has 4 rings (SSSR count). The number of benzene rings is 2. The van der Waals surface area contributed by atoms with Crippen LogP contribution in [0.1, 0.15) is 29.5 Å². The van der Waals surface area contributed by atoms with E-state index >= 15 is 0 Å². The van der Waals surface area contributed by atoms with E-state index in [1.165, 1.54) is 11.1 Å². The molecule has 0 saturated carbocycles. The SMILES string of the molecule is c1ccc(C(OCCNC2CCc3ncnn3C2)c2ccccc2)cc1. The third-order valence-corrected chi connectivity index (χ3v) is 4.83. The summed E-state index contributed by atoms with van der Waals surface area (Å²) in [4.78, 5) is 4.28. The molecule has 1 aliphatic rings. The van der Waals surface area contributed by atoms with E-state index in [0.717, 1.165) is 31.8 Å². The van der Waals surface area contributed by atoms with Crippen molar-refractivity contribution in [2.24, 2.45) is 0 Å². The van der Waals surface area contributed by atoms with Gasteiger partial charge in [0, 0.05) is 19.0 Å². The minimum atomic E-state index is -0.0347. The van der Waals surface area contributed by atoms with Crippen LogP contribution in [0.4, 0.5) is 0 Å². The molecule has 1 aromatic heterocycles. The molecule has 0 saturated heterocycles. The predicted octanol–water partition coefficient (Wildman–Crippen LogP) is 2.99. The van der Waals surface area contributed by atoms with Gasteiger partial charge in [-0.15, -0.1) is 0 Å². The number of hydrogen-bond donors (Lipinski definition) is 1. The fourth-order valence-electron chi connectivity index (χ4n) is 3.48. The Morgan fingerprint density at radius 3 is 2.42 bits per heavy atom. The maximum absolute atomic E-state index is 6.26. The van der Waals surface area contributed by atoms with Gasteiger partial charge in [-0.25, -0.2) is 9.67 Å². The molecular weight excluding hydrogens is 324 g/mol.